The van der Waals surface area contributed by atoms with E-state index in [0.717, 1.165) is 41.7 Å². The Morgan fingerprint density at radius 2 is 2.10 bits per heavy atom. The van der Waals surface area contributed by atoms with Crippen LogP contribution in [0.15, 0.2) is 29.4 Å². The van der Waals surface area contributed by atoms with Gasteiger partial charge in [0.15, 0.2) is 11.0 Å². The van der Waals surface area contributed by atoms with Gasteiger partial charge in [-0.15, -0.1) is 10.2 Å². The summed E-state index contributed by atoms with van der Waals surface area (Å²) in [4.78, 5) is 12.1. The molecule has 1 saturated heterocycles. The summed E-state index contributed by atoms with van der Waals surface area (Å²) in [7, 11) is 1.66. The summed E-state index contributed by atoms with van der Waals surface area (Å²) in [5.74, 6) is 1.58. The van der Waals surface area contributed by atoms with E-state index in [1.807, 2.05) is 31.2 Å². The van der Waals surface area contributed by atoms with Crippen molar-refractivity contribution in [1.82, 2.24) is 14.8 Å². The van der Waals surface area contributed by atoms with Crippen LogP contribution < -0.4 is 10.1 Å². The zero-order chi connectivity index (χ0) is 20.2. The monoisotopic (exact) mass is 416 g/mol. The zero-order valence-corrected chi connectivity index (χ0v) is 17.8. The molecular formula is C21H28N4O3S. The Hall–Kier alpha value is -2.22. The second-order valence-electron chi connectivity index (χ2n) is 7.74. The topological polar surface area (TPSA) is 78.3 Å². The van der Waals surface area contributed by atoms with Gasteiger partial charge in [0.1, 0.15) is 17.1 Å². The number of carbonyl (C=O) groups excluding carboxylic acids is 1. The molecule has 1 aromatic carbocycles. The molecule has 4 rings (SSSR count). The average Bonchev–Trinajstić information content (AvgIpc) is 3.29. The fourth-order valence-electron chi connectivity index (χ4n) is 4.07. The number of nitrogens with zero attached hydrogens (tertiary/aromatic N) is 3. The molecule has 8 heteroatoms. The van der Waals surface area contributed by atoms with Crippen LogP contribution in [0.4, 0.5) is 5.69 Å². The van der Waals surface area contributed by atoms with Gasteiger partial charge >= 0.3 is 5.97 Å². The van der Waals surface area contributed by atoms with Crippen LogP contribution in [-0.2, 0) is 16.1 Å². The standard InChI is InChI=1S/C21H28N4O3S/c1-14-11-18(20(26)28-14)29-21-24-23-19(25(21)16-8-4-3-5-9-16)13-22-15-7-6-10-17(12-15)27-2/h6-7,10,12,14,16,18,22H,3-5,8-9,11,13H2,1-2H3/t14-,18+/m0/s1. The van der Waals surface area contributed by atoms with Gasteiger partial charge in [0.05, 0.1) is 13.7 Å². The fourth-order valence-corrected chi connectivity index (χ4v) is 5.30. The third kappa shape index (κ3) is 4.69. The Morgan fingerprint density at radius 1 is 1.28 bits per heavy atom. The summed E-state index contributed by atoms with van der Waals surface area (Å²) in [5, 5.41) is 13.0. The lowest BCUT2D eigenvalue weighted by atomic mass is 9.95. The first kappa shape index (κ1) is 20.1. The molecule has 7 nitrogen and oxygen atoms in total. The molecule has 1 aliphatic heterocycles. The van der Waals surface area contributed by atoms with Gasteiger partial charge in [-0.1, -0.05) is 37.1 Å². The molecule has 29 heavy (non-hydrogen) atoms. The number of cyclic esters (lactones) is 1. The second kappa shape index (κ2) is 9.07. The number of esters is 1. The summed E-state index contributed by atoms with van der Waals surface area (Å²) in [6, 6.07) is 8.24. The number of benzene rings is 1. The minimum Gasteiger partial charge on any atom is -0.497 e. The van der Waals surface area contributed by atoms with Crippen LogP contribution in [0.5, 0.6) is 5.75 Å². The van der Waals surface area contributed by atoms with Gasteiger partial charge < -0.3 is 19.4 Å². The van der Waals surface area contributed by atoms with Crippen LogP contribution in [0.1, 0.15) is 57.3 Å². The van der Waals surface area contributed by atoms with Crippen molar-refractivity contribution in [1.29, 1.82) is 0 Å². The highest BCUT2D eigenvalue weighted by molar-refractivity contribution is 8.00. The molecule has 1 N–H and O–H groups in total. The SMILES string of the molecule is COc1cccc(NCc2nnc(S[C@@H]3C[C@H](C)OC3=O)n2C2CCCCC2)c1. The van der Waals surface area contributed by atoms with Crippen molar-refractivity contribution < 1.29 is 14.3 Å². The molecule has 1 aliphatic carbocycles. The lowest BCUT2D eigenvalue weighted by Crippen LogP contribution is -2.19. The third-order valence-electron chi connectivity index (χ3n) is 5.57. The van der Waals surface area contributed by atoms with Crippen LogP contribution in [0.25, 0.3) is 0 Å². The number of rotatable bonds is 7. The second-order valence-corrected chi connectivity index (χ2v) is 8.91. The van der Waals surface area contributed by atoms with Gasteiger partial charge in [-0.25, -0.2) is 0 Å². The van der Waals surface area contributed by atoms with E-state index in [1.54, 1.807) is 7.11 Å². The summed E-state index contributed by atoms with van der Waals surface area (Å²) >= 11 is 1.50. The molecule has 2 aromatic rings. The van der Waals surface area contributed by atoms with Crippen molar-refractivity contribution >= 4 is 23.4 Å². The first-order valence-corrected chi connectivity index (χ1v) is 11.2. The highest BCUT2D eigenvalue weighted by Gasteiger charge is 2.35. The maximum atomic E-state index is 12.1. The fraction of sp³-hybridized carbons (Fsp3) is 0.571. The third-order valence-corrected chi connectivity index (χ3v) is 6.73. The van der Waals surface area contributed by atoms with Crippen molar-refractivity contribution in [2.24, 2.45) is 0 Å². The molecule has 156 valence electrons. The Morgan fingerprint density at radius 3 is 2.83 bits per heavy atom. The van der Waals surface area contributed by atoms with Crippen molar-refractivity contribution in [3.63, 3.8) is 0 Å². The van der Waals surface area contributed by atoms with E-state index >= 15 is 0 Å². The lowest BCUT2D eigenvalue weighted by molar-refractivity contribution is -0.140. The van der Waals surface area contributed by atoms with E-state index in [4.69, 9.17) is 9.47 Å². The Labute approximate surface area is 175 Å². The van der Waals surface area contributed by atoms with Crippen LogP contribution in [0, 0.1) is 0 Å². The maximum Gasteiger partial charge on any atom is 0.319 e. The molecule has 1 saturated carbocycles. The number of thioether (sulfide) groups is 1. The van der Waals surface area contributed by atoms with Crippen LogP contribution in [-0.4, -0.2) is 39.2 Å². The lowest BCUT2D eigenvalue weighted by Gasteiger charge is -2.26. The maximum absolute atomic E-state index is 12.1. The van der Waals surface area contributed by atoms with Gasteiger partial charge in [-0.05, 0) is 31.9 Å². The van der Waals surface area contributed by atoms with E-state index < -0.39 is 0 Å². The number of hydrogen-bond donors (Lipinski definition) is 1. The van der Waals surface area contributed by atoms with Crippen molar-refractivity contribution in [3.05, 3.63) is 30.1 Å². The summed E-state index contributed by atoms with van der Waals surface area (Å²) < 4.78 is 12.9. The molecule has 2 atom stereocenters. The predicted molar refractivity (Wildman–Crippen MR) is 112 cm³/mol. The minimum atomic E-state index is -0.198. The van der Waals surface area contributed by atoms with Crippen molar-refractivity contribution in [3.8, 4) is 5.75 Å². The number of methoxy groups -OCH3 is 1. The van der Waals surface area contributed by atoms with Gasteiger partial charge in [-0.3, -0.25) is 4.79 Å². The quantitative estimate of drug-likeness (QED) is 0.678. The van der Waals surface area contributed by atoms with Crippen LogP contribution >= 0.6 is 11.8 Å². The normalized spacial score (nSPS) is 22.5. The minimum absolute atomic E-state index is 0.0275. The van der Waals surface area contributed by atoms with Gasteiger partial charge in [0.2, 0.25) is 0 Å². The smallest absolute Gasteiger partial charge is 0.319 e. The number of ether oxygens (including phenoxy) is 2. The molecule has 0 unspecified atom stereocenters. The average molecular weight is 417 g/mol. The number of anilines is 1. The summed E-state index contributed by atoms with van der Waals surface area (Å²) in [5.41, 5.74) is 0.977. The highest BCUT2D eigenvalue weighted by Crippen LogP contribution is 2.36. The van der Waals surface area contributed by atoms with Crippen molar-refractivity contribution in [2.45, 2.75) is 74.5 Å². The van der Waals surface area contributed by atoms with Crippen LogP contribution in [0.3, 0.4) is 0 Å². The number of hydrogen-bond acceptors (Lipinski definition) is 7. The molecular weight excluding hydrogens is 388 g/mol. The van der Waals surface area contributed by atoms with Gasteiger partial charge in [0.25, 0.3) is 0 Å². The highest BCUT2D eigenvalue weighted by atomic mass is 32.2. The Balaban J connectivity index is 1.54. The Bertz CT molecular complexity index is 850. The van der Waals surface area contributed by atoms with Gasteiger partial charge in [-0.2, -0.15) is 0 Å². The van der Waals surface area contributed by atoms with E-state index in [1.165, 1.54) is 31.0 Å². The van der Waals surface area contributed by atoms with E-state index in [0.29, 0.717) is 12.6 Å². The first-order chi connectivity index (χ1) is 14.1. The predicted octanol–water partition coefficient (Wildman–Crippen LogP) is 4.20. The van der Waals surface area contributed by atoms with E-state index in [9.17, 15) is 4.79 Å². The summed E-state index contributed by atoms with van der Waals surface area (Å²) in [6.45, 7) is 2.51. The molecule has 0 amide bonds. The first-order valence-electron chi connectivity index (χ1n) is 10.3. The largest absolute Gasteiger partial charge is 0.497 e. The number of nitrogens with one attached hydrogen (secondary N) is 1. The van der Waals surface area contributed by atoms with E-state index in [2.05, 4.69) is 20.1 Å². The molecule has 2 fully saturated rings. The van der Waals surface area contributed by atoms with Gasteiger partial charge in [0, 0.05) is 24.2 Å². The molecule has 0 bridgehead atoms. The zero-order valence-electron chi connectivity index (χ0n) is 17.0. The molecule has 1 aromatic heterocycles. The number of aromatic nitrogens is 3. The number of carbonyl (C=O) groups is 1. The van der Waals surface area contributed by atoms with E-state index in [-0.39, 0.29) is 17.3 Å². The Kier molecular flexibility index (Phi) is 6.28. The molecule has 0 spiro atoms. The molecule has 0 radical (unpaired) electrons. The van der Waals surface area contributed by atoms with Crippen molar-refractivity contribution in [2.75, 3.05) is 12.4 Å². The van der Waals surface area contributed by atoms with Crippen LogP contribution in [0.2, 0.25) is 0 Å². The molecule has 2 aliphatic rings. The summed E-state index contributed by atoms with van der Waals surface area (Å²) in [6.07, 6.45) is 6.67. The molecule has 2 heterocycles.